The van der Waals surface area contributed by atoms with E-state index in [1.165, 1.54) is 0 Å². The number of halogens is 1. The number of hydrogen-bond acceptors (Lipinski definition) is 5. The fourth-order valence-electron chi connectivity index (χ4n) is 3.48. The first-order chi connectivity index (χ1) is 16.7. The molecule has 0 aliphatic rings. The van der Waals surface area contributed by atoms with E-state index in [2.05, 4.69) is 41.8 Å². The van der Waals surface area contributed by atoms with Crippen molar-refractivity contribution < 1.29 is 4.79 Å². The number of anilines is 3. The van der Waals surface area contributed by atoms with Crippen LogP contribution in [-0.2, 0) is 6.54 Å². The number of fused-ring (bicyclic) bond motifs is 1. The predicted octanol–water partition coefficient (Wildman–Crippen LogP) is 5.81. The summed E-state index contributed by atoms with van der Waals surface area (Å²) in [6.45, 7) is 0.596. The van der Waals surface area contributed by atoms with Gasteiger partial charge in [-0.2, -0.15) is 0 Å². The van der Waals surface area contributed by atoms with E-state index in [9.17, 15) is 4.79 Å². The average molecular weight is 514 g/mol. The Hall–Kier alpha value is -4.24. The average Bonchev–Trinajstić information content (AvgIpc) is 3.34. The molecule has 0 saturated heterocycles. The highest BCUT2D eigenvalue weighted by atomic mass is 79.9. The molecule has 8 nitrogen and oxygen atoms in total. The Kier molecular flexibility index (Phi) is 6.17. The molecule has 0 atom stereocenters. The number of benzene rings is 2. The molecule has 0 aliphatic heterocycles. The minimum absolute atomic E-state index is 0.332. The summed E-state index contributed by atoms with van der Waals surface area (Å²) in [7, 11) is 0. The Morgan fingerprint density at radius 2 is 1.82 bits per heavy atom. The molecule has 9 heteroatoms. The first-order valence-corrected chi connectivity index (χ1v) is 11.3. The van der Waals surface area contributed by atoms with Crippen LogP contribution in [0.2, 0.25) is 0 Å². The third kappa shape index (κ3) is 4.89. The number of imidazole rings is 1. The summed E-state index contributed by atoms with van der Waals surface area (Å²) in [5.41, 5.74) is 4.78. The van der Waals surface area contributed by atoms with E-state index >= 15 is 0 Å². The number of urea groups is 1. The maximum atomic E-state index is 12.5. The number of hydrogen-bond donors (Lipinski definition) is 3. The highest BCUT2D eigenvalue weighted by Crippen LogP contribution is 2.25. The van der Waals surface area contributed by atoms with Crippen molar-refractivity contribution in [3.05, 3.63) is 102 Å². The maximum absolute atomic E-state index is 12.5. The van der Waals surface area contributed by atoms with Crippen molar-refractivity contribution in [3.63, 3.8) is 0 Å². The van der Waals surface area contributed by atoms with Crippen LogP contribution in [0.15, 0.2) is 96.1 Å². The molecule has 0 saturated carbocycles. The van der Waals surface area contributed by atoms with E-state index in [4.69, 9.17) is 4.98 Å². The highest BCUT2D eigenvalue weighted by Gasteiger charge is 2.11. The predicted molar refractivity (Wildman–Crippen MR) is 137 cm³/mol. The van der Waals surface area contributed by atoms with Gasteiger partial charge in [0, 0.05) is 53.3 Å². The van der Waals surface area contributed by atoms with Gasteiger partial charge in [0.1, 0.15) is 0 Å². The Balaban J connectivity index is 1.38. The molecule has 0 unspecified atom stereocenters. The lowest BCUT2D eigenvalue weighted by Crippen LogP contribution is -2.19. The first-order valence-electron chi connectivity index (χ1n) is 10.6. The van der Waals surface area contributed by atoms with Crippen molar-refractivity contribution in [3.8, 4) is 11.3 Å². The highest BCUT2D eigenvalue weighted by molar-refractivity contribution is 9.10. The molecule has 0 spiro atoms. The quantitative estimate of drug-likeness (QED) is 0.266. The fourth-order valence-corrected chi connectivity index (χ4v) is 3.86. The number of amides is 2. The Morgan fingerprint density at radius 3 is 2.68 bits per heavy atom. The van der Waals surface area contributed by atoms with Gasteiger partial charge in [-0.15, -0.1) is 0 Å². The van der Waals surface area contributed by atoms with Crippen LogP contribution in [-0.4, -0.2) is 25.4 Å². The van der Waals surface area contributed by atoms with Gasteiger partial charge < -0.3 is 20.4 Å². The molecule has 168 valence electrons. The summed E-state index contributed by atoms with van der Waals surface area (Å²) >= 11 is 3.44. The molecule has 3 heterocycles. The van der Waals surface area contributed by atoms with E-state index in [0.717, 1.165) is 26.9 Å². The summed E-state index contributed by atoms with van der Waals surface area (Å²) < 4.78 is 2.74. The molecular weight excluding hydrogens is 494 g/mol. The van der Waals surface area contributed by atoms with E-state index in [0.29, 0.717) is 23.7 Å². The lowest BCUT2D eigenvalue weighted by molar-refractivity contribution is 0.262. The molecule has 2 aromatic carbocycles. The van der Waals surface area contributed by atoms with Gasteiger partial charge in [0.2, 0.25) is 0 Å². The van der Waals surface area contributed by atoms with Crippen LogP contribution in [0.5, 0.6) is 0 Å². The zero-order valence-corrected chi connectivity index (χ0v) is 19.5. The van der Waals surface area contributed by atoms with Crippen LogP contribution in [0.4, 0.5) is 22.0 Å². The van der Waals surface area contributed by atoms with Crippen molar-refractivity contribution >= 4 is 44.8 Å². The van der Waals surface area contributed by atoms with Gasteiger partial charge in [-0.1, -0.05) is 24.3 Å². The SMILES string of the molecule is O=C(Nc1cccc(-c2cn3ccnc3c(NCc3ccncc3)n2)c1)Nc1ccccc1Br. The van der Waals surface area contributed by atoms with Crippen molar-refractivity contribution in [1.29, 1.82) is 0 Å². The summed E-state index contributed by atoms with van der Waals surface area (Å²) in [4.78, 5) is 25.8. The van der Waals surface area contributed by atoms with Gasteiger partial charge in [-0.05, 0) is 57.9 Å². The molecule has 3 aromatic heterocycles. The molecule has 3 N–H and O–H groups in total. The van der Waals surface area contributed by atoms with Crippen molar-refractivity contribution in [1.82, 2.24) is 19.4 Å². The number of pyridine rings is 1. The summed E-state index contributed by atoms with van der Waals surface area (Å²) in [5, 5.41) is 9.10. The molecule has 0 fully saturated rings. The lowest BCUT2D eigenvalue weighted by atomic mass is 10.1. The second-order valence-electron chi connectivity index (χ2n) is 7.48. The van der Waals surface area contributed by atoms with Crippen molar-refractivity contribution in [2.75, 3.05) is 16.0 Å². The summed E-state index contributed by atoms with van der Waals surface area (Å²) in [6, 6.07) is 18.6. The van der Waals surface area contributed by atoms with E-state index in [1.807, 2.05) is 77.5 Å². The number of carbonyl (C=O) groups excluding carboxylic acids is 1. The van der Waals surface area contributed by atoms with Gasteiger partial charge in [-0.25, -0.2) is 14.8 Å². The number of carbonyl (C=O) groups is 1. The second kappa shape index (κ2) is 9.72. The normalized spacial score (nSPS) is 10.7. The van der Waals surface area contributed by atoms with Crippen LogP contribution in [0.25, 0.3) is 16.9 Å². The monoisotopic (exact) mass is 513 g/mol. The van der Waals surface area contributed by atoms with Gasteiger partial charge in [0.15, 0.2) is 11.5 Å². The lowest BCUT2D eigenvalue weighted by Gasteiger charge is -2.12. The van der Waals surface area contributed by atoms with Crippen LogP contribution in [0.3, 0.4) is 0 Å². The molecule has 5 rings (SSSR count). The first kappa shape index (κ1) is 21.6. The standard InChI is InChI=1S/C25H20BrN7O/c26-20-6-1-2-7-21(20)32-25(34)30-19-5-3-4-18(14-19)22-16-33-13-12-28-24(33)23(31-22)29-15-17-8-10-27-11-9-17/h1-14,16H,15H2,(H,29,31)(H2,30,32,34). The largest absolute Gasteiger partial charge is 0.363 e. The van der Waals surface area contributed by atoms with E-state index in [1.54, 1.807) is 18.6 Å². The van der Waals surface area contributed by atoms with Crippen LogP contribution in [0.1, 0.15) is 5.56 Å². The molecular formula is C25H20BrN7O. The number of para-hydroxylation sites is 1. The van der Waals surface area contributed by atoms with Crippen molar-refractivity contribution in [2.45, 2.75) is 6.54 Å². The molecule has 2 amide bonds. The third-order valence-electron chi connectivity index (χ3n) is 5.12. The number of aromatic nitrogens is 4. The molecule has 0 bridgehead atoms. The molecule has 34 heavy (non-hydrogen) atoms. The number of nitrogens with one attached hydrogen (secondary N) is 3. The minimum Gasteiger partial charge on any atom is -0.363 e. The van der Waals surface area contributed by atoms with Crippen LogP contribution in [0, 0.1) is 0 Å². The Bertz CT molecular complexity index is 1450. The zero-order chi connectivity index (χ0) is 23.3. The second-order valence-corrected chi connectivity index (χ2v) is 8.34. The van der Waals surface area contributed by atoms with Gasteiger partial charge in [0.25, 0.3) is 0 Å². The molecule has 0 radical (unpaired) electrons. The minimum atomic E-state index is -0.332. The van der Waals surface area contributed by atoms with E-state index < -0.39 is 0 Å². The maximum Gasteiger partial charge on any atom is 0.323 e. The van der Waals surface area contributed by atoms with Crippen LogP contribution < -0.4 is 16.0 Å². The van der Waals surface area contributed by atoms with Crippen LogP contribution >= 0.6 is 15.9 Å². The Morgan fingerprint density at radius 1 is 0.971 bits per heavy atom. The third-order valence-corrected chi connectivity index (χ3v) is 5.81. The molecule has 0 aliphatic carbocycles. The van der Waals surface area contributed by atoms with Gasteiger partial charge in [0.05, 0.1) is 11.4 Å². The smallest absolute Gasteiger partial charge is 0.323 e. The van der Waals surface area contributed by atoms with Gasteiger partial charge >= 0.3 is 6.03 Å². The fraction of sp³-hybridized carbons (Fsp3) is 0.0400. The number of rotatable bonds is 6. The zero-order valence-electron chi connectivity index (χ0n) is 17.9. The summed E-state index contributed by atoms with van der Waals surface area (Å²) in [5.74, 6) is 0.671. The van der Waals surface area contributed by atoms with Crippen molar-refractivity contribution in [2.24, 2.45) is 0 Å². The Labute approximate surface area is 204 Å². The van der Waals surface area contributed by atoms with Gasteiger partial charge in [-0.3, -0.25) is 4.98 Å². The topological polar surface area (TPSA) is 96.2 Å². The summed E-state index contributed by atoms with van der Waals surface area (Å²) in [6.07, 6.45) is 9.06. The number of nitrogens with zero attached hydrogens (tertiary/aromatic N) is 4. The molecule has 5 aromatic rings. The van der Waals surface area contributed by atoms with E-state index in [-0.39, 0.29) is 6.03 Å².